The van der Waals surface area contributed by atoms with E-state index in [9.17, 15) is 4.79 Å². The van der Waals surface area contributed by atoms with Gasteiger partial charge in [0.1, 0.15) is 5.82 Å². The molecule has 1 N–H and O–H groups in total. The quantitative estimate of drug-likeness (QED) is 0.902. The number of aromatic nitrogens is 3. The predicted octanol–water partition coefficient (Wildman–Crippen LogP) is 2.17. The van der Waals surface area contributed by atoms with Crippen LogP contribution >= 0.6 is 0 Å². The van der Waals surface area contributed by atoms with E-state index in [0.717, 1.165) is 51.3 Å². The number of aryl methyl sites for hydroxylation is 1. The van der Waals surface area contributed by atoms with Crippen molar-refractivity contribution in [3.63, 3.8) is 0 Å². The summed E-state index contributed by atoms with van der Waals surface area (Å²) in [7, 11) is 0. The minimum Gasteiger partial charge on any atom is -0.347 e. The van der Waals surface area contributed by atoms with Crippen molar-refractivity contribution in [2.75, 3.05) is 13.1 Å². The van der Waals surface area contributed by atoms with Crippen LogP contribution in [0, 0.1) is 18.8 Å². The number of hydrogen-bond donors (Lipinski definition) is 1. The highest BCUT2D eigenvalue weighted by Crippen LogP contribution is 2.33. The Labute approximate surface area is 160 Å². The molecule has 1 saturated carbocycles. The second-order valence-corrected chi connectivity index (χ2v) is 8.56. The monoisotopic (exact) mass is 365 g/mol. The minimum atomic E-state index is -0.0495. The maximum absolute atomic E-state index is 12.6. The number of benzene rings is 1. The van der Waals surface area contributed by atoms with Gasteiger partial charge in [-0.05, 0) is 43.6 Å². The van der Waals surface area contributed by atoms with Crippen LogP contribution in [0.2, 0.25) is 0 Å². The van der Waals surface area contributed by atoms with Gasteiger partial charge in [0, 0.05) is 38.6 Å². The highest BCUT2D eigenvalue weighted by Gasteiger charge is 2.39. The van der Waals surface area contributed by atoms with Gasteiger partial charge in [-0.1, -0.05) is 29.8 Å². The molecule has 6 nitrogen and oxygen atoms in total. The average Bonchev–Trinajstić information content (AvgIpc) is 3.18. The number of likely N-dealkylation sites (tertiary alicyclic amines) is 1. The van der Waals surface area contributed by atoms with Gasteiger partial charge in [-0.15, -0.1) is 10.2 Å². The first kappa shape index (κ1) is 16.9. The number of carbonyl (C=O) groups is 1. The standard InChI is InChI=1S/C21H27N5O/c1-14-4-2-5-15(8-14)10-25-11-16-9-19-23-24-20(26(19)13-17(16)12-25)21(27)22-18-6-3-7-18/h2,4-5,8,16-18H,3,6-7,9-13H2,1H3,(H,22,27)/t16-,17+/m0/s1. The summed E-state index contributed by atoms with van der Waals surface area (Å²) in [6.45, 7) is 6.21. The molecule has 1 amide bonds. The van der Waals surface area contributed by atoms with Crippen LogP contribution in [0.15, 0.2) is 24.3 Å². The zero-order valence-electron chi connectivity index (χ0n) is 15.9. The van der Waals surface area contributed by atoms with Gasteiger partial charge < -0.3 is 9.88 Å². The van der Waals surface area contributed by atoms with Gasteiger partial charge in [0.25, 0.3) is 5.91 Å². The van der Waals surface area contributed by atoms with Crippen molar-refractivity contribution in [3.8, 4) is 0 Å². The van der Waals surface area contributed by atoms with Crippen LogP contribution in [-0.2, 0) is 19.5 Å². The number of rotatable bonds is 4. The van der Waals surface area contributed by atoms with E-state index in [1.165, 1.54) is 17.5 Å². The van der Waals surface area contributed by atoms with Gasteiger partial charge in [0.2, 0.25) is 5.82 Å². The molecule has 2 fully saturated rings. The number of nitrogens with one attached hydrogen (secondary N) is 1. The number of hydrogen-bond acceptors (Lipinski definition) is 4. The molecule has 0 spiro atoms. The number of amides is 1. The number of carbonyl (C=O) groups excluding carboxylic acids is 1. The summed E-state index contributed by atoms with van der Waals surface area (Å²) in [5.74, 6) is 2.63. The van der Waals surface area contributed by atoms with Crippen LogP contribution < -0.4 is 5.32 Å². The molecule has 2 aromatic rings. The third-order valence-corrected chi connectivity index (χ3v) is 6.47. The summed E-state index contributed by atoms with van der Waals surface area (Å²) in [6, 6.07) is 9.11. The van der Waals surface area contributed by atoms with Crippen molar-refractivity contribution < 1.29 is 4.79 Å². The Morgan fingerprint density at radius 1 is 1.19 bits per heavy atom. The molecule has 5 rings (SSSR count). The molecular weight excluding hydrogens is 338 g/mol. The van der Waals surface area contributed by atoms with Crippen molar-refractivity contribution in [1.82, 2.24) is 25.0 Å². The number of fused-ring (bicyclic) bond motifs is 2. The fourth-order valence-corrected chi connectivity index (χ4v) is 4.79. The van der Waals surface area contributed by atoms with Crippen LogP contribution in [0.25, 0.3) is 0 Å². The maximum Gasteiger partial charge on any atom is 0.289 e. The fraction of sp³-hybridized carbons (Fsp3) is 0.571. The molecule has 3 heterocycles. The third-order valence-electron chi connectivity index (χ3n) is 6.47. The lowest BCUT2D eigenvalue weighted by Gasteiger charge is -2.28. The largest absolute Gasteiger partial charge is 0.347 e. The van der Waals surface area contributed by atoms with Crippen LogP contribution in [0.1, 0.15) is 46.8 Å². The lowest BCUT2D eigenvalue weighted by Crippen LogP contribution is -2.41. The lowest BCUT2D eigenvalue weighted by atomic mass is 9.89. The first-order valence-corrected chi connectivity index (χ1v) is 10.2. The van der Waals surface area contributed by atoms with E-state index in [2.05, 4.69) is 56.2 Å². The molecule has 27 heavy (non-hydrogen) atoms. The topological polar surface area (TPSA) is 63.1 Å². The summed E-state index contributed by atoms with van der Waals surface area (Å²) in [5, 5.41) is 11.7. The highest BCUT2D eigenvalue weighted by atomic mass is 16.2. The van der Waals surface area contributed by atoms with E-state index in [1.807, 2.05) is 0 Å². The molecule has 3 aliphatic rings. The molecule has 6 heteroatoms. The second-order valence-electron chi connectivity index (χ2n) is 8.56. The van der Waals surface area contributed by atoms with E-state index in [4.69, 9.17) is 0 Å². The molecule has 0 bridgehead atoms. The molecule has 2 atom stereocenters. The van der Waals surface area contributed by atoms with Crippen molar-refractivity contribution in [1.29, 1.82) is 0 Å². The molecule has 1 aliphatic carbocycles. The Kier molecular flexibility index (Phi) is 4.23. The average molecular weight is 365 g/mol. The SMILES string of the molecule is Cc1cccc(CN2C[C@@H]3Cn4c(nnc4C(=O)NC4CCC4)C[C@H]3C2)c1. The van der Waals surface area contributed by atoms with Gasteiger partial charge in [-0.3, -0.25) is 9.69 Å². The summed E-state index contributed by atoms with van der Waals surface area (Å²) in [5.41, 5.74) is 2.70. The highest BCUT2D eigenvalue weighted by molar-refractivity contribution is 5.91. The smallest absolute Gasteiger partial charge is 0.289 e. The first-order valence-electron chi connectivity index (χ1n) is 10.2. The summed E-state index contributed by atoms with van der Waals surface area (Å²) >= 11 is 0. The van der Waals surface area contributed by atoms with Gasteiger partial charge in [-0.2, -0.15) is 0 Å². The molecule has 2 aliphatic heterocycles. The molecule has 0 unspecified atom stereocenters. The van der Waals surface area contributed by atoms with Crippen molar-refractivity contribution in [2.24, 2.45) is 11.8 Å². The Hall–Kier alpha value is -2.21. The zero-order chi connectivity index (χ0) is 18.4. The first-order chi connectivity index (χ1) is 13.2. The van der Waals surface area contributed by atoms with Gasteiger partial charge in [0.05, 0.1) is 0 Å². The summed E-state index contributed by atoms with van der Waals surface area (Å²) < 4.78 is 2.07. The van der Waals surface area contributed by atoms with Crippen LogP contribution in [0.3, 0.4) is 0 Å². The summed E-state index contributed by atoms with van der Waals surface area (Å²) in [6.07, 6.45) is 4.32. The van der Waals surface area contributed by atoms with Crippen LogP contribution in [0.5, 0.6) is 0 Å². The lowest BCUT2D eigenvalue weighted by molar-refractivity contribution is 0.0898. The Morgan fingerprint density at radius 3 is 2.81 bits per heavy atom. The Morgan fingerprint density at radius 2 is 2.04 bits per heavy atom. The Balaban J connectivity index is 1.26. The van der Waals surface area contributed by atoms with E-state index >= 15 is 0 Å². The van der Waals surface area contributed by atoms with E-state index in [0.29, 0.717) is 23.7 Å². The number of nitrogens with zero attached hydrogens (tertiary/aromatic N) is 4. The van der Waals surface area contributed by atoms with Crippen molar-refractivity contribution in [3.05, 3.63) is 47.0 Å². The second kappa shape index (κ2) is 6.75. The Bertz CT molecular complexity index is 856. The predicted molar refractivity (Wildman–Crippen MR) is 102 cm³/mol. The molecule has 142 valence electrons. The fourth-order valence-electron chi connectivity index (χ4n) is 4.79. The van der Waals surface area contributed by atoms with Gasteiger partial charge in [-0.25, -0.2) is 0 Å². The van der Waals surface area contributed by atoms with Crippen molar-refractivity contribution >= 4 is 5.91 Å². The molecular formula is C21H27N5O. The van der Waals surface area contributed by atoms with Gasteiger partial charge in [0.15, 0.2) is 0 Å². The van der Waals surface area contributed by atoms with E-state index < -0.39 is 0 Å². The minimum absolute atomic E-state index is 0.0495. The molecule has 1 aromatic heterocycles. The van der Waals surface area contributed by atoms with Gasteiger partial charge >= 0.3 is 0 Å². The normalized spacial score (nSPS) is 24.9. The third kappa shape index (κ3) is 3.27. The van der Waals surface area contributed by atoms with Crippen LogP contribution in [0.4, 0.5) is 0 Å². The summed E-state index contributed by atoms with van der Waals surface area (Å²) in [4.78, 5) is 15.1. The van der Waals surface area contributed by atoms with Crippen molar-refractivity contribution in [2.45, 2.75) is 51.7 Å². The van der Waals surface area contributed by atoms with Crippen LogP contribution in [-0.4, -0.2) is 44.7 Å². The maximum atomic E-state index is 12.6. The zero-order valence-corrected chi connectivity index (χ0v) is 15.9. The van der Waals surface area contributed by atoms with E-state index in [-0.39, 0.29) is 5.91 Å². The molecule has 1 aromatic carbocycles. The molecule has 0 radical (unpaired) electrons. The van der Waals surface area contributed by atoms with E-state index in [1.54, 1.807) is 0 Å². The molecule has 1 saturated heterocycles.